The van der Waals surface area contributed by atoms with E-state index >= 15 is 0 Å². The number of nitrogens with one attached hydrogen (secondary N) is 2. The standard InChI is InChI=1S/C19H18N2OS/c23-19(13-7-2-1-3-8-13)22-21-17-12-6-11-16-18(17)14-9-4-5-10-15(14)20-16/h1-5,7-10,16,20-21H,6,11-12H2/t16-/m0/s1. The van der Waals surface area contributed by atoms with Crippen LogP contribution < -0.4 is 10.8 Å². The van der Waals surface area contributed by atoms with Crippen molar-refractivity contribution < 1.29 is 4.84 Å². The van der Waals surface area contributed by atoms with E-state index in [1.807, 2.05) is 30.3 Å². The number of allylic oxidation sites excluding steroid dienone is 1. The van der Waals surface area contributed by atoms with Crippen molar-refractivity contribution in [2.24, 2.45) is 0 Å². The first-order valence-electron chi connectivity index (χ1n) is 7.94. The van der Waals surface area contributed by atoms with Gasteiger partial charge in [0.1, 0.15) is 0 Å². The summed E-state index contributed by atoms with van der Waals surface area (Å²) in [6.07, 6.45) is 3.27. The molecule has 2 aromatic rings. The second-order valence-corrected chi connectivity index (χ2v) is 6.26. The lowest BCUT2D eigenvalue weighted by molar-refractivity contribution is 0.216. The maximum atomic E-state index is 5.69. The van der Waals surface area contributed by atoms with Gasteiger partial charge in [0, 0.05) is 22.4 Å². The molecule has 0 aromatic heterocycles. The Kier molecular flexibility index (Phi) is 3.75. The first-order chi connectivity index (χ1) is 11.3. The molecule has 23 heavy (non-hydrogen) atoms. The summed E-state index contributed by atoms with van der Waals surface area (Å²) in [5.74, 6) is 0. The Labute approximate surface area is 141 Å². The van der Waals surface area contributed by atoms with E-state index < -0.39 is 0 Å². The third kappa shape index (κ3) is 2.70. The lowest BCUT2D eigenvalue weighted by atomic mass is 9.90. The van der Waals surface area contributed by atoms with E-state index in [-0.39, 0.29) is 0 Å². The predicted molar refractivity (Wildman–Crippen MR) is 97.0 cm³/mol. The highest BCUT2D eigenvalue weighted by Crippen LogP contribution is 2.42. The van der Waals surface area contributed by atoms with Gasteiger partial charge >= 0.3 is 0 Å². The summed E-state index contributed by atoms with van der Waals surface area (Å²) in [7, 11) is 0. The second kappa shape index (κ2) is 6.05. The summed E-state index contributed by atoms with van der Waals surface area (Å²) >= 11 is 5.36. The van der Waals surface area contributed by atoms with Gasteiger partial charge in [-0.25, -0.2) is 5.48 Å². The average Bonchev–Trinajstić information content (AvgIpc) is 2.99. The van der Waals surface area contributed by atoms with E-state index in [0.29, 0.717) is 11.1 Å². The minimum absolute atomic E-state index is 0.373. The highest BCUT2D eigenvalue weighted by atomic mass is 32.1. The number of rotatable bonds is 3. The van der Waals surface area contributed by atoms with Crippen LogP contribution in [0.1, 0.15) is 30.4 Å². The Hall–Kier alpha value is -2.33. The van der Waals surface area contributed by atoms with Crippen LogP contribution in [-0.4, -0.2) is 11.1 Å². The molecule has 4 heteroatoms. The van der Waals surface area contributed by atoms with E-state index in [9.17, 15) is 0 Å². The van der Waals surface area contributed by atoms with Crippen molar-refractivity contribution in [3.63, 3.8) is 0 Å². The summed E-state index contributed by atoms with van der Waals surface area (Å²) in [5, 5.41) is 4.07. The van der Waals surface area contributed by atoms with Crippen LogP contribution in [-0.2, 0) is 4.84 Å². The quantitative estimate of drug-likeness (QED) is 0.653. The zero-order valence-corrected chi connectivity index (χ0v) is 13.5. The number of anilines is 1. The maximum Gasteiger partial charge on any atom is 0.225 e. The smallest absolute Gasteiger partial charge is 0.225 e. The topological polar surface area (TPSA) is 33.3 Å². The Morgan fingerprint density at radius 2 is 1.87 bits per heavy atom. The van der Waals surface area contributed by atoms with Crippen LogP contribution in [0.4, 0.5) is 5.69 Å². The second-order valence-electron chi connectivity index (χ2n) is 5.88. The highest BCUT2D eigenvalue weighted by Gasteiger charge is 2.31. The Balaban J connectivity index is 1.57. The Morgan fingerprint density at radius 3 is 2.74 bits per heavy atom. The number of hydrogen-bond acceptors (Lipinski definition) is 4. The van der Waals surface area contributed by atoms with Gasteiger partial charge in [0.2, 0.25) is 5.05 Å². The first kappa shape index (κ1) is 14.3. The average molecular weight is 322 g/mol. The van der Waals surface area contributed by atoms with Crippen LogP contribution in [0, 0.1) is 0 Å². The van der Waals surface area contributed by atoms with Gasteiger partial charge in [-0.15, -0.1) is 0 Å². The summed E-state index contributed by atoms with van der Waals surface area (Å²) < 4.78 is 0. The van der Waals surface area contributed by atoms with Gasteiger partial charge in [-0.3, -0.25) is 0 Å². The summed E-state index contributed by atoms with van der Waals surface area (Å²) in [4.78, 5) is 5.69. The van der Waals surface area contributed by atoms with Crippen molar-refractivity contribution in [2.45, 2.75) is 25.3 Å². The van der Waals surface area contributed by atoms with Crippen molar-refractivity contribution in [3.8, 4) is 0 Å². The van der Waals surface area contributed by atoms with Gasteiger partial charge in [-0.05, 0) is 37.5 Å². The SMILES string of the molecule is S=C(ONC1=C2c3ccccc3N[C@H]2CCC1)c1ccccc1. The fourth-order valence-electron chi connectivity index (χ4n) is 3.35. The highest BCUT2D eigenvalue weighted by molar-refractivity contribution is 7.80. The van der Waals surface area contributed by atoms with Crippen molar-refractivity contribution in [1.82, 2.24) is 5.48 Å². The number of hydroxylamine groups is 1. The summed E-state index contributed by atoms with van der Waals surface area (Å²) in [5.41, 5.74) is 8.98. The van der Waals surface area contributed by atoms with Gasteiger partial charge in [-0.2, -0.15) is 0 Å². The molecule has 0 saturated carbocycles. The molecule has 0 radical (unpaired) electrons. The normalized spacial score (nSPS) is 18.7. The van der Waals surface area contributed by atoms with Crippen molar-refractivity contribution in [2.75, 3.05) is 5.32 Å². The Morgan fingerprint density at radius 1 is 1.09 bits per heavy atom. The van der Waals surface area contributed by atoms with Gasteiger partial charge < -0.3 is 10.2 Å². The molecule has 0 unspecified atom stereocenters. The fourth-order valence-corrected chi connectivity index (χ4v) is 3.52. The minimum Gasteiger partial charge on any atom is -0.378 e. The van der Waals surface area contributed by atoms with Crippen LogP contribution in [0.25, 0.3) is 5.57 Å². The Bertz CT molecular complexity index is 770. The maximum absolute atomic E-state index is 5.69. The largest absolute Gasteiger partial charge is 0.378 e. The van der Waals surface area contributed by atoms with Crippen LogP contribution in [0.5, 0.6) is 0 Å². The molecule has 1 aliphatic carbocycles. The van der Waals surface area contributed by atoms with Gasteiger partial charge in [0.05, 0.1) is 11.7 Å². The van der Waals surface area contributed by atoms with Crippen molar-refractivity contribution in [1.29, 1.82) is 0 Å². The van der Waals surface area contributed by atoms with Gasteiger partial charge in [0.25, 0.3) is 0 Å². The molecule has 0 spiro atoms. The van der Waals surface area contributed by atoms with E-state index in [0.717, 1.165) is 30.5 Å². The molecule has 0 fully saturated rings. The fraction of sp³-hybridized carbons (Fsp3) is 0.211. The van der Waals surface area contributed by atoms with E-state index in [4.69, 9.17) is 17.1 Å². The summed E-state index contributed by atoms with van der Waals surface area (Å²) in [6.45, 7) is 0. The number of benzene rings is 2. The molecule has 0 saturated heterocycles. The third-order valence-corrected chi connectivity index (χ3v) is 4.74. The number of para-hydroxylation sites is 1. The van der Waals surface area contributed by atoms with Crippen LogP contribution in [0.3, 0.4) is 0 Å². The molecular formula is C19H18N2OS. The molecule has 0 bridgehead atoms. The molecule has 1 aliphatic heterocycles. The zero-order valence-electron chi connectivity index (χ0n) is 12.7. The van der Waals surface area contributed by atoms with Crippen LogP contribution in [0.2, 0.25) is 0 Å². The van der Waals surface area contributed by atoms with Crippen LogP contribution >= 0.6 is 12.2 Å². The lowest BCUT2D eigenvalue weighted by Gasteiger charge is -2.24. The van der Waals surface area contributed by atoms with E-state index in [1.54, 1.807) is 0 Å². The van der Waals surface area contributed by atoms with Gasteiger partial charge in [-0.1, -0.05) is 48.5 Å². The molecule has 2 aliphatic rings. The molecule has 2 N–H and O–H groups in total. The molecule has 116 valence electrons. The molecule has 3 nitrogen and oxygen atoms in total. The van der Waals surface area contributed by atoms with Crippen LogP contribution in [0.15, 0.2) is 60.3 Å². The van der Waals surface area contributed by atoms with E-state index in [1.165, 1.54) is 16.8 Å². The number of hydrogen-bond donors (Lipinski definition) is 2. The number of fused-ring (bicyclic) bond motifs is 3. The van der Waals surface area contributed by atoms with E-state index in [2.05, 4.69) is 35.1 Å². The molecule has 1 heterocycles. The third-order valence-electron chi connectivity index (χ3n) is 4.42. The molecule has 1 atom stereocenters. The number of thiocarbonyl (C=S) groups is 1. The summed E-state index contributed by atoms with van der Waals surface area (Å²) in [6, 6.07) is 18.6. The van der Waals surface area contributed by atoms with Crippen molar-refractivity contribution in [3.05, 3.63) is 71.4 Å². The molecule has 0 amide bonds. The molecular weight excluding hydrogens is 304 g/mol. The monoisotopic (exact) mass is 322 g/mol. The lowest BCUT2D eigenvalue weighted by Crippen LogP contribution is -2.27. The predicted octanol–water partition coefficient (Wildman–Crippen LogP) is 4.27. The van der Waals surface area contributed by atoms with Gasteiger partial charge in [0.15, 0.2) is 0 Å². The minimum atomic E-state index is 0.373. The molecule has 4 rings (SSSR count). The molecule has 2 aromatic carbocycles. The van der Waals surface area contributed by atoms with Crippen molar-refractivity contribution >= 4 is 28.5 Å². The first-order valence-corrected chi connectivity index (χ1v) is 8.35. The zero-order chi connectivity index (χ0) is 15.6.